The molecule has 1 heterocycles. The van der Waals surface area contributed by atoms with Crippen molar-refractivity contribution in [3.63, 3.8) is 0 Å². The first-order chi connectivity index (χ1) is 23.2. The molecule has 9 rings (SSSR count). The molecule has 0 amide bonds. The molecule has 0 saturated heterocycles. The van der Waals surface area contributed by atoms with E-state index < -0.39 is 12.6 Å². The molecule has 224 valence electrons. The lowest BCUT2D eigenvalue weighted by Crippen LogP contribution is -2.30. The van der Waals surface area contributed by atoms with Crippen molar-refractivity contribution in [3.8, 4) is 11.1 Å². The molecule has 0 spiro atoms. The molecule has 0 N–H and O–H groups in total. The van der Waals surface area contributed by atoms with Gasteiger partial charge in [-0.15, -0.1) is 0 Å². The molecule has 1 aliphatic heterocycles. The molecule has 47 heavy (non-hydrogen) atoms. The van der Waals surface area contributed by atoms with Crippen LogP contribution in [0.15, 0.2) is 196 Å². The molecule has 0 aromatic heterocycles. The average Bonchev–Trinajstić information content (AvgIpc) is 3.45. The number of hydrogen-bond donors (Lipinski definition) is 0. The fourth-order valence-electron chi connectivity index (χ4n) is 7.43. The van der Waals surface area contributed by atoms with Crippen LogP contribution in [-0.4, -0.2) is 0 Å². The SMILES string of the molecule is O=P(c1ccccc1)(c1ccccc1)c1ccc(C2(c3ccc4c(c3)Sc3ccccc3S4)c3ccccc3-c3ccccc32)cc1. The van der Waals surface area contributed by atoms with E-state index in [0.29, 0.717) is 0 Å². The standard InChI is InChI=1S/C43H29OPS2/c44-45(32-13-3-1-4-14-32,33-15-5-2-6-16-33)34-26-23-30(24-27-34)43(37-19-9-7-17-35(37)36-18-8-10-20-38(36)43)31-25-28-41-42(29-31)47-40-22-12-11-21-39(40)46-41/h1-29H. The van der Waals surface area contributed by atoms with Gasteiger partial charge in [-0.1, -0.05) is 175 Å². The summed E-state index contributed by atoms with van der Waals surface area (Å²) in [6.07, 6.45) is 0. The highest BCUT2D eigenvalue weighted by Crippen LogP contribution is 2.58. The third-order valence-corrected chi connectivity index (χ3v) is 15.1. The van der Waals surface area contributed by atoms with Gasteiger partial charge >= 0.3 is 0 Å². The van der Waals surface area contributed by atoms with E-state index in [-0.39, 0.29) is 0 Å². The maximum absolute atomic E-state index is 15.3. The number of benzene rings is 7. The first kappa shape index (κ1) is 28.7. The quantitative estimate of drug-likeness (QED) is 0.172. The minimum absolute atomic E-state index is 0.535. The summed E-state index contributed by atoms with van der Waals surface area (Å²) in [5, 5.41) is 2.52. The van der Waals surface area contributed by atoms with Gasteiger partial charge in [0.1, 0.15) is 0 Å². The van der Waals surface area contributed by atoms with E-state index in [2.05, 4.69) is 115 Å². The van der Waals surface area contributed by atoms with Gasteiger partial charge in [0.15, 0.2) is 7.14 Å². The average molecular weight is 657 g/mol. The van der Waals surface area contributed by atoms with Crippen LogP contribution in [0.1, 0.15) is 22.3 Å². The van der Waals surface area contributed by atoms with E-state index in [4.69, 9.17) is 0 Å². The molecule has 1 nitrogen and oxygen atoms in total. The molecule has 7 aromatic rings. The van der Waals surface area contributed by atoms with Crippen LogP contribution in [0.2, 0.25) is 0 Å². The molecule has 0 bridgehead atoms. The first-order valence-electron chi connectivity index (χ1n) is 15.8. The van der Waals surface area contributed by atoms with Crippen LogP contribution in [0.4, 0.5) is 0 Å². The van der Waals surface area contributed by atoms with Crippen LogP contribution >= 0.6 is 30.7 Å². The lowest BCUT2D eigenvalue weighted by atomic mass is 9.68. The van der Waals surface area contributed by atoms with E-state index >= 15 is 4.57 Å². The molecular formula is C43H29OPS2. The molecule has 4 heteroatoms. The monoisotopic (exact) mass is 656 g/mol. The van der Waals surface area contributed by atoms with Crippen molar-refractivity contribution in [2.45, 2.75) is 25.0 Å². The maximum Gasteiger partial charge on any atom is 0.171 e. The Labute approximate surface area is 284 Å². The molecule has 7 aromatic carbocycles. The number of hydrogen-bond acceptors (Lipinski definition) is 3. The highest BCUT2D eigenvalue weighted by Gasteiger charge is 2.46. The van der Waals surface area contributed by atoms with Crippen molar-refractivity contribution in [3.05, 3.63) is 198 Å². The van der Waals surface area contributed by atoms with Gasteiger partial charge in [-0.3, -0.25) is 0 Å². The lowest BCUT2D eigenvalue weighted by molar-refractivity contribution is 0.592. The van der Waals surface area contributed by atoms with Crippen LogP contribution in [0, 0.1) is 0 Å². The Morgan fingerprint density at radius 1 is 0.383 bits per heavy atom. The fourth-order valence-corrected chi connectivity index (χ4v) is 12.3. The highest BCUT2D eigenvalue weighted by molar-refractivity contribution is 8.05. The minimum atomic E-state index is -3.11. The van der Waals surface area contributed by atoms with Crippen LogP contribution in [0.3, 0.4) is 0 Å². The zero-order valence-corrected chi connectivity index (χ0v) is 27.9. The highest BCUT2D eigenvalue weighted by atomic mass is 32.2. The Hall–Kier alpha value is -4.53. The molecule has 0 fully saturated rings. The van der Waals surface area contributed by atoms with Crippen LogP contribution in [0.5, 0.6) is 0 Å². The second kappa shape index (κ2) is 11.3. The van der Waals surface area contributed by atoms with Gasteiger partial charge in [0, 0.05) is 35.5 Å². The Morgan fingerprint density at radius 2 is 0.809 bits per heavy atom. The third kappa shape index (κ3) is 4.38. The van der Waals surface area contributed by atoms with Crippen molar-refractivity contribution in [2.24, 2.45) is 0 Å². The molecule has 0 atom stereocenters. The molecule has 1 aliphatic carbocycles. The zero-order chi connectivity index (χ0) is 31.4. The summed E-state index contributed by atoms with van der Waals surface area (Å²) in [7, 11) is -3.11. The summed E-state index contributed by atoms with van der Waals surface area (Å²) in [5.74, 6) is 0. The van der Waals surface area contributed by atoms with E-state index in [1.165, 1.54) is 53.0 Å². The summed E-state index contributed by atoms with van der Waals surface area (Å²) in [6, 6.07) is 61.9. The van der Waals surface area contributed by atoms with Crippen LogP contribution < -0.4 is 15.9 Å². The molecule has 0 unspecified atom stereocenters. The Balaban J connectivity index is 1.27. The predicted octanol–water partition coefficient (Wildman–Crippen LogP) is 10.3. The van der Waals surface area contributed by atoms with Crippen LogP contribution in [-0.2, 0) is 9.98 Å². The van der Waals surface area contributed by atoms with E-state index in [1.807, 2.05) is 84.2 Å². The van der Waals surface area contributed by atoms with Gasteiger partial charge in [-0.2, -0.15) is 0 Å². The van der Waals surface area contributed by atoms with Crippen LogP contribution in [0.25, 0.3) is 11.1 Å². The van der Waals surface area contributed by atoms with Crippen molar-refractivity contribution in [1.29, 1.82) is 0 Å². The van der Waals surface area contributed by atoms with Gasteiger partial charge in [0.2, 0.25) is 0 Å². The van der Waals surface area contributed by atoms with Crippen molar-refractivity contribution >= 4 is 46.6 Å². The second-order valence-corrected chi connectivity index (χ2v) is 16.9. The third-order valence-electron chi connectivity index (χ3n) is 9.52. The van der Waals surface area contributed by atoms with Gasteiger partial charge in [-0.25, -0.2) is 0 Å². The van der Waals surface area contributed by atoms with Gasteiger partial charge in [0.25, 0.3) is 0 Å². The Morgan fingerprint density at radius 3 is 1.38 bits per heavy atom. The Kier molecular flexibility index (Phi) is 6.90. The minimum Gasteiger partial charge on any atom is -0.309 e. The topological polar surface area (TPSA) is 17.1 Å². The van der Waals surface area contributed by atoms with Gasteiger partial charge in [-0.05, 0) is 57.6 Å². The summed E-state index contributed by atoms with van der Waals surface area (Å²) >= 11 is 3.70. The Bertz CT molecular complexity index is 2240. The first-order valence-corrected chi connectivity index (χ1v) is 19.1. The largest absolute Gasteiger partial charge is 0.309 e. The van der Waals surface area contributed by atoms with E-state index in [1.54, 1.807) is 0 Å². The normalized spacial score (nSPS) is 14.0. The van der Waals surface area contributed by atoms with Gasteiger partial charge in [0.05, 0.1) is 5.41 Å². The fraction of sp³-hybridized carbons (Fsp3) is 0.0233. The molecule has 0 radical (unpaired) electrons. The predicted molar refractivity (Wildman–Crippen MR) is 198 cm³/mol. The summed E-state index contributed by atoms with van der Waals surface area (Å²) in [4.78, 5) is 5.17. The second-order valence-electron chi connectivity index (χ2n) is 12.0. The number of fused-ring (bicyclic) bond motifs is 5. The van der Waals surface area contributed by atoms with Crippen molar-refractivity contribution in [1.82, 2.24) is 0 Å². The summed E-state index contributed by atoms with van der Waals surface area (Å²) in [5.41, 5.74) is 6.94. The van der Waals surface area contributed by atoms with Crippen molar-refractivity contribution in [2.75, 3.05) is 0 Å². The zero-order valence-electron chi connectivity index (χ0n) is 25.4. The summed E-state index contributed by atoms with van der Waals surface area (Å²) < 4.78 is 15.3. The van der Waals surface area contributed by atoms with E-state index in [0.717, 1.165) is 15.9 Å². The maximum atomic E-state index is 15.3. The van der Waals surface area contributed by atoms with E-state index in [9.17, 15) is 0 Å². The molecule has 0 saturated carbocycles. The molecular weight excluding hydrogens is 628 g/mol. The smallest absolute Gasteiger partial charge is 0.171 e. The van der Waals surface area contributed by atoms with Gasteiger partial charge < -0.3 is 4.57 Å². The summed E-state index contributed by atoms with van der Waals surface area (Å²) in [6.45, 7) is 0. The lowest BCUT2D eigenvalue weighted by Gasteiger charge is -2.35. The van der Waals surface area contributed by atoms with Crippen molar-refractivity contribution < 1.29 is 4.57 Å². The molecule has 2 aliphatic rings. The number of rotatable bonds is 5.